The number of nitrogens with one attached hydrogen (secondary N) is 1. The fourth-order valence-electron chi connectivity index (χ4n) is 2.53. The van der Waals surface area contributed by atoms with Crippen molar-refractivity contribution in [1.82, 2.24) is 5.32 Å². The lowest BCUT2D eigenvalue weighted by Gasteiger charge is -2.03. The van der Waals surface area contributed by atoms with Crippen molar-refractivity contribution in [2.75, 3.05) is 0 Å². The van der Waals surface area contributed by atoms with Crippen LogP contribution < -0.4 is 5.32 Å². The van der Waals surface area contributed by atoms with Crippen LogP contribution in [0.3, 0.4) is 0 Å². The van der Waals surface area contributed by atoms with Gasteiger partial charge in [-0.3, -0.25) is 0 Å². The molecular formula is C18H16BrNO. The molecule has 1 saturated carbocycles. The molecule has 1 heterocycles. The molecular weight excluding hydrogens is 326 g/mol. The first-order valence-electron chi connectivity index (χ1n) is 7.30. The average Bonchev–Trinajstić information content (AvgIpc) is 3.21. The maximum absolute atomic E-state index is 5.95. The molecule has 0 aliphatic heterocycles. The van der Waals surface area contributed by atoms with Gasteiger partial charge in [-0.1, -0.05) is 34.1 Å². The lowest BCUT2D eigenvalue weighted by Crippen LogP contribution is -2.14. The maximum atomic E-state index is 5.95. The highest BCUT2D eigenvalue weighted by Gasteiger charge is 2.20. The zero-order valence-electron chi connectivity index (χ0n) is 11.6. The van der Waals surface area contributed by atoms with Crippen molar-refractivity contribution < 1.29 is 4.42 Å². The van der Waals surface area contributed by atoms with Crippen LogP contribution in [0.1, 0.15) is 18.6 Å². The van der Waals surface area contributed by atoms with Gasteiger partial charge in [0.15, 0.2) is 0 Å². The summed E-state index contributed by atoms with van der Waals surface area (Å²) >= 11 is 3.51. The van der Waals surface area contributed by atoms with Gasteiger partial charge in [-0.2, -0.15) is 0 Å². The fourth-order valence-corrected chi connectivity index (χ4v) is 2.91. The van der Waals surface area contributed by atoms with Gasteiger partial charge in [-0.25, -0.2) is 0 Å². The molecule has 3 heteroatoms. The molecule has 0 bridgehead atoms. The first kappa shape index (κ1) is 13.1. The van der Waals surface area contributed by atoms with Crippen LogP contribution in [0.4, 0.5) is 0 Å². The summed E-state index contributed by atoms with van der Waals surface area (Å²) in [4.78, 5) is 0. The van der Waals surface area contributed by atoms with Crippen molar-refractivity contribution in [2.45, 2.75) is 25.4 Å². The van der Waals surface area contributed by atoms with Gasteiger partial charge in [-0.05, 0) is 53.9 Å². The third-order valence-electron chi connectivity index (χ3n) is 3.89. The Kier molecular flexibility index (Phi) is 3.32. The Morgan fingerprint density at radius 1 is 1.00 bits per heavy atom. The summed E-state index contributed by atoms with van der Waals surface area (Å²) in [6.07, 6.45) is 2.60. The van der Waals surface area contributed by atoms with E-state index in [-0.39, 0.29) is 0 Å². The third kappa shape index (κ3) is 2.89. The molecule has 1 aromatic heterocycles. The molecule has 21 heavy (non-hydrogen) atoms. The van der Waals surface area contributed by atoms with E-state index < -0.39 is 0 Å². The molecule has 0 atom stereocenters. The van der Waals surface area contributed by atoms with Gasteiger partial charge in [0.05, 0.1) is 6.54 Å². The highest BCUT2D eigenvalue weighted by Crippen LogP contribution is 2.28. The number of hydrogen-bond donors (Lipinski definition) is 1. The molecule has 1 fully saturated rings. The molecule has 2 aromatic carbocycles. The number of fused-ring (bicyclic) bond motifs is 1. The standard InChI is InChI=1S/C18H16BrNO/c19-15-4-3-12-9-14(2-1-13(12)10-15)18-8-7-17(21-18)11-20-16-5-6-16/h1-4,7-10,16,20H,5-6,11H2. The topological polar surface area (TPSA) is 25.2 Å². The van der Waals surface area contributed by atoms with Crippen molar-refractivity contribution in [3.05, 3.63) is 58.8 Å². The van der Waals surface area contributed by atoms with Crippen LogP contribution >= 0.6 is 15.9 Å². The van der Waals surface area contributed by atoms with E-state index >= 15 is 0 Å². The Hall–Kier alpha value is -1.58. The summed E-state index contributed by atoms with van der Waals surface area (Å²) in [7, 11) is 0. The number of hydrogen-bond acceptors (Lipinski definition) is 2. The fraction of sp³-hybridized carbons (Fsp3) is 0.222. The van der Waals surface area contributed by atoms with E-state index in [0.29, 0.717) is 6.04 Å². The first-order valence-corrected chi connectivity index (χ1v) is 8.09. The zero-order chi connectivity index (χ0) is 14.2. The van der Waals surface area contributed by atoms with E-state index in [2.05, 4.69) is 69.8 Å². The minimum Gasteiger partial charge on any atom is -0.460 e. The number of rotatable bonds is 4. The highest BCUT2D eigenvalue weighted by atomic mass is 79.9. The van der Waals surface area contributed by atoms with E-state index in [4.69, 9.17) is 4.42 Å². The molecule has 0 saturated heterocycles. The van der Waals surface area contributed by atoms with Crippen LogP contribution in [-0.4, -0.2) is 6.04 Å². The molecule has 4 rings (SSSR count). The van der Waals surface area contributed by atoms with E-state index in [1.54, 1.807) is 0 Å². The molecule has 1 N–H and O–H groups in total. The minimum absolute atomic E-state index is 0.706. The van der Waals surface area contributed by atoms with Crippen molar-refractivity contribution in [3.63, 3.8) is 0 Å². The lowest BCUT2D eigenvalue weighted by atomic mass is 10.1. The van der Waals surface area contributed by atoms with Crippen LogP contribution in [0, 0.1) is 0 Å². The summed E-state index contributed by atoms with van der Waals surface area (Å²) in [6, 6.07) is 17.6. The third-order valence-corrected chi connectivity index (χ3v) is 4.38. The van der Waals surface area contributed by atoms with E-state index in [9.17, 15) is 0 Å². The molecule has 0 radical (unpaired) electrons. The average molecular weight is 342 g/mol. The van der Waals surface area contributed by atoms with Gasteiger partial charge in [0, 0.05) is 16.1 Å². The van der Waals surface area contributed by atoms with Gasteiger partial charge in [0.1, 0.15) is 11.5 Å². The molecule has 0 unspecified atom stereocenters. The summed E-state index contributed by atoms with van der Waals surface area (Å²) in [5, 5.41) is 5.93. The van der Waals surface area contributed by atoms with Gasteiger partial charge in [0.2, 0.25) is 0 Å². The molecule has 2 nitrogen and oxygen atoms in total. The van der Waals surface area contributed by atoms with Crippen LogP contribution in [0.5, 0.6) is 0 Å². The summed E-state index contributed by atoms with van der Waals surface area (Å²) < 4.78 is 7.05. The molecule has 3 aromatic rings. The van der Waals surface area contributed by atoms with E-state index in [1.165, 1.54) is 23.6 Å². The van der Waals surface area contributed by atoms with Crippen molar-refractivity contribution in [3.8, 4) is 11.3 Å². The van der Waals surface area contributed by atoms with Crippen LogP contribution in [-0.2, 0) is 6.54 Å². The second-order valence-electron chi connectivity index (χ2n) is 5.63. The lowest BCUT2D eigenvalue weighted by molar-refractivity contribution is 0.492. The predicted octanol–water partition coefficient (Wildman–Crippen LogP) is 5.11. The van der Waals surface area contributed by atoms with Crippen molar-refractivity contribution >= 4 is 26.7 Å². The largest absolute Gasteiger partial charge is 0.460 e. The maximum Gasteiger partial charge on any atom is 0.134 e. The number of benzene rings is 2. The zero-order valence-corrected chi connectivity index (χ0v) is 13.2. The Bertz CT molecular complexity index is 789. The smallest absolute Gasteiger partial charge is 0.134 e. The second kappa shape index (κ2) is 5.32. The Morgan fingerprint density at radius 3 is 2.67 bits per heavy atom. The Morgan fingerprint density at radius 2 is 1.81 bits per heavy atom. The van der Waals surface area contributed by atoms with Crippen LogP contribution in [0.25, 0.3) is 22.1 Å². The van der Waals surface area contributed by atoms with Gasteiger partial charge in [-0.15, -0.1) is 0 Å². The van der Waals surface area contributed by atoms with Gasteiger partial charge >= 0.3 is 0 Å². The summed E-state index contributed by atoms with van der Waals surface area (Å²) in [5.41, 5.74) is 1.13. The molecule has 106 valence electrons. The SMILES string of the molecule is Brc1ccc2cc(-c3ccc(CNC4CC4)o3)ccc2c1. The Labute approximate surface area is 132 Å². The molecule has 1 aliphatic carbocycles. The molecule has 0 spiro atoms. The highest BCUT2D eigenvalue weighted by molar-refractivity contribution is 9.10. The summed E-state index contributed by atoms with van der Waals surface area (Å²) in [5.74, 6) is 1.94. The minimum atomic E-state index is 0.706. The monoisotopic (exact) mass is 341 g/mol. The molecule has 0 amide bonds. The number of halogens is 1. The molecule has 1 aliphatic rings. The quantitative estimate of drug-likeness (QED) is 0.712. The van der Waals surface area contributed by atoms with Gasteiger partial charge < -0.3 is 9.73 Å². The van der Waals surface area contributed by atoms with Crippen LogP contribution in [0.15, 0.2) is 57.4 Å². The van der Waals surface area contributed by atoms with Gasteiger partial charge in [0.25, 0.3) is 0 Å². The predicted molar refractivity (Wildman–Crippen MR) is 89.2 cm³/mol. The normalized spacial score (nSPS) is 14.7. The second-order valence-corrected chi connectivity index (χ2v) is 6.54. The summed E-state index contributed by atoms with van der Waals surface area (Å²) in [6.45, 7) is 0.825. The van der Waals surface area contributed by atoms with E-state index in [1.807, 2.05) is 0 Å². The van der Waals surface area contributed by atoms with Crippen molar-refractivity contribution in [1.29, 1.82) is 0 Å². The first-order chi connectivity index (χ1) is 10.3. The Balaban J connectivity index is 1.61. The van der Waals surface area contributed by atoms with Crippen LogP contribution in [0.2, 0.25) is 0 Å². The van der Waals surface area contributed by atoms with Crippen molar-refractivity contribution in [2.24, 2.45) is 0 Å². The number of furan rings is 1. The van der Waals surface area contributed by atoms with E-state index in [0.717, 1.165) is 28.1 Å².